The Morgan fingerprint density at radius 3 is 1.28 bits per heavy atom. The van der Waals surface area contributed by atoms with Crippen molar-refractivity contribution in [3.63, 3.8) is 0 Å². The van der Waals surface area contributed by atoms with Crippen LogP contribution in [0, 0.1) is 4.91 Å². The molecule has 0 atom stereocenters. The molecule has 6 aromatic rings. The van der Waals surface area contributed by atoms with Gasteiger partial charge in [0.2, 0.25) is 0 Å². The average molecular weight is 545 g/mol. The molecule has 0 saturated carbocycles. The first kappa shape index (κ1) is 30.8. The molecule has 0 fully saturated rings. The van der Waals surface area contributed by atoms with E-state index in [1.165, 1.54) is 0 Å². The second kappa shape index (κ2) is 13.9. The first-order valence-corrected chi connectivity index (χ1v) is 11.8. The molecule has 0 aliphatic carbocycles. The number of nitrogens with two attached hydrogens (primary N) is 2. The number of aliphatic hydroxyl groups is 1. The van der Waals surface area contributed by atoms with Crippen LogP contribution in [0.15, 0.2) is 102 Å². The van der Waals surface area contributed by atoms with Gasteiger partial charge < -0.3 is 16.6 Å². The highest BCUT2D eigenvalue weighted by Crippen LogP contribution is 2.41. The summed E-state index contributed by atoms with van der Waals surface area (Å²) in [6.07, 6.45) is 0. The highest BCUT2D eigenvalue weighted by Gasteiger charge is 2.14. The van der Waals surface area contributed by atoms with E-state index in [0.717, 1.165) is 43.1 Å². The van der Waals surface area contributed by atoms with Gasteiger partial charge in [-0.3, -0.25) is 10.7 Å². The number of hydrogen-bond donors (Lipinski definition) is 5. The second-order valence-electron chi connectivity index (χ2n) is 8.25. The molecule has 8 heteroatoms. The van der Waals surface area contributed by atoms with Gasteiger partial charge >= 0.3 is 0 Å². The molecule has 6 rings (SSSR count). The van der Waals surface area contributed by atoms with Crippen LogP contribution in [0.5, 0.6) is 0 Å². The van der Waals surface area contributed by atoms with Gasteiger partial charge in [0, 0.05) is 28.2 Å². The van der Waals surface area contributed by atoms with E-state index in [-0.39, 0.29) is 32.1 Å². The monoisotopic (exact) mass is 544 g/mol. The summed E-state index contributed by atoms with van der Waals surface area (Å²) in [5.74, 6) is 0. The lowest BCUT2D eigenvalue weighted by Crippen LogP contribution is -1.97. The van der Waals surface area contributed by atoms with Gasteiger partial charge in [0.1, 0.15) is 5.69 Å². The van der Waals surface area contributed by atoms with Crippen molar-refractivity contribution in [2.45, 2.75) is 14.4 Å². The minimum atomic E-state index is 0. The van der Waals surface area contributed by atoms with Crippen LogP contribution in [0.2, 0.25) is 0 Å². The quantitative estimate of drug-likeness (QED) is 0.0488. The van der Waals surface area contributed by atoms with E-state index in [1.807, 2.05) is 84.9 Å². The number of anilines is 3. The molecular weight excluding hydrogens is 512 g/mol. The standard InChI is InChI=1S/C14H10N2O2.C14H12N2.C2H6O.CH4.ClH/c17-15-13-11-7-3-1-5-9(11)10-6-2-4-8-12(10)14(13)16-18;15-13-11-7-3-1-5-9(11)10-6-2-4-8-12(10)14(13)16;1-2-3;;/h1-8,15,17H;1-8H,15-16H2;3H,2H2,1H3;1H4;1H. The Bertz CT molecular complexity index is 1660. The molecule has 202 valence electrons. The third-order valence-electron chi connectivity index (χ3n) is 6.12. The summed E-state index contributed by atoms with van der Waals surface area (Å²) in [4.78, 5) is 11.0. The van der Waals surface area contributed by atoms with Crippen LogP contribution in [0.4, 0.5) is 22.7 Å². The molecule has 0 amide bonds. The van der Waals surface area contributed by atoms with E-state index >= 15 is 0 Å². The molecule has 0 spiro atoms. The van der Waals surface area contributed by atoms with Gasteiger partial charge in [-0.25, -0.2) is 0 Å². The van der Waals surface area contributed by atoms with Crippen LogP contribution >= 0.6 is 12.4 Å². The van der Waals surface area contributed by atoms with Crippen LogP contribution in [0.25, 0.3) is 43.1 Å². The van der Waals surface area contributed by atoms with E-state index in [1.54, 1.807) is 6.92 Å². The highest BCUT2D eigenvalue weighted by atomic mass is 35.5. The van der Waals surface area contributed by atoms with Gasteiger partial charge in [0.15, 0.2) is 0 Å². The van der Waals surface area contributed by atoms with E-state index in [4.69, 9.17) is 16.6 Å². The molecule has 0 bridgehead atoms. The molecule has 7 N–H and O–H groups in total. The van der Waals surface area contributed by atoms with Crippen LogP contribution < -0.4 is 16.9 Å². The zero-order valence-electron chi connectivity index (χ0n) is 20.8. The number of fused-ring (bicyclic) bond motifs is 6. The molecule has 7 nitrogen and oxygen atoms in total. The third-order valence-corrected chi connectivity index (χ3v) is 6.12. The fourth-order valence-electron chi connectivity index (χ4n) is 4.53. The third kappa shape index (κ3) is 5.86. The molecule has 0 aliphatic heterocycles. The van der Waals surface area contributed by atoms with Crippen molar-refractivity contribution < 1.29 is 10.3 Å². The Morgan fingerprint density at radius 1 is 0.641 bits per heavy atom. The van der Waals surface area contributed by atoms with Crippen molar-refractivity contribution >= 4 is 78.2 Å². The number of nitrogen functional groups attached to an aromatic ring is 2. The maximum absolute atomic E-state index is 11.0. The van der Waals surface area contributed by atoms with Crippen LogP contribution in [-0.2, 0) is 0 Å². The molecule has 0 unspecified atom stereocenters. The lowest BCUT2D eigenvalue weighted by Gasteiger charge is -2.11. The number of nitrogens with zero attached hydrogens (tertiary/aromatic N) is 1. The smallest absolute Gasteiger partial charge is 0.141 e. The largest absolute Gasteiger partial charge is 0.397 e. The highest BCUT2D eigenvalue weighted by molar-refractivity contribution is 6.20. The van der Waals surface area contributed by atoms with Gasteiger partial charge in [-0.2, -0.15) is 0 Å². The van der Waals surface area contributed by atoms with E-state index in [2.05, 4.69) is 22.8 Å². The zero-order valence-corrected chi connectivity index (χ0v) is 21.6. The van der Waals surface area contributed by atoms with Gasteiger partial charge in [-0.15, -0.1) is 17.3 Å². The number of halogens is 1. The topological polar surface area (TPSA) is 134 Å². The Labute approximate surface area is 233 Å². The van der Waals surface area contributed by atoms with Crippen molar-refractivity contribution in [3.05, 3.63) is 102 Å². The van der Waals surface area contributed by atoms with E-state index in [0.29, 0.717) is 17.1 Å². The van der Waals surface area contributed by atoms with E-state index in [9.17, 15) is 10.1 Å². The van der Waals surface area contributed by atoms with Crippen LogP contribution in [0.1, 0.15) is 14.4 Å². The first-order valence-electron chi connectivity index (χ1n) is 11.8. The summed E-state index contributed by atoms with van der Waals surface area (Å²) in [6, 6.07) is 31.2. The zero-order chi connectivity index (χ0) is 26.4. The summed E-state index contributed by atoms with van der Waals surface area (Å²) in [6.45, 7) is 1.93. The predicted molar refractivity (Wildman–Crippen MR) is 169 cm³/mol. The van der Waals surface area contributed by atoms with Gasteiger partial charge in [-0.05, 0) is 33.6 Å². The van der Waals surface area contributed by atoms with Gasteiger partial charge in [-0.1, -0.05) is 104 Å². The van der Waals surface area contributed by atoms with E-state index < -0.39 is 0 Å². The SMILES string of the molecule is C.CCO.Cl.Nc1c(N)c2ccccc2c2ccccc12.O=Nc1c(NO)c2ccccc2c2ccccc12. The fourth-order valence-corrected chi connectivity index (χ4v) is 4.53. The molecule has 0 radical (unpaired) electrons. The Morgan fingerprint density at radius 2 is 0.923 bits per heavy atom. The average Bonchev–Trinajstić information content (AvgIpc) is 2.96. The molecule has 0 saturated heterocycles. The number of nitroso groups, excluding NO2 is 1. The molecule has 0 aliphatic rings. The Balaban J connectivity index is 0.000000239. The second-order valence-corrected chi connectivity index (χ2v) is 8.25. The van der Waals surface area contributed by atoms with Crippen molar-refractivity contribution in [1.29, 1.82) is 0 Å². The number of hydrogen-bond acceptors (Lipinski definition) is 7. The predicted octanol–water partition coefficient (Wildman–Crippen LogP) is 8.41. The summed E-state index contributed by atoms with van der Waals surface area (Å²) in [5.41, 5.74) is 16.1. The Hall–Kier alpha value is -4.43. The van der Waals surface area contributed by atoms with Crippen LogP contribution in [0.3, 0.4) is 0 Å². The minimum Gasteiger partial charge on any atom is -0.397 e. The fraction of sp³-hybridized carbons (Fsp3) is 0.0968. The number of nitrogens with one attached hydrogen (secondary N) is 1. The lowest BCUT2D eigenvalue weighted by molar-refractivity contribution is 0.318. The first-order chi connectivity index (χ1) is 18.1. The number of benzene rings is 6. The van der Waals surface area contributed by atoms with Gasteiger partial charge in [0.05, 0.1) is 17.1 Å². The van der Waals surface area contributed by atoms with Gasteiger partial charge in [0.25, 0.3) is 0 Å². The molecule has 0 heterocycles. The van der Waals surface area contributed by atoms with Crippen molar-refractivity contribution in [1.82, 2.24) is 0 Å². The molecule has 39 heavy (non-hydrogen) atoms. The van der Waals surface area contributed by atoms with Crippen molar-refractivity contribution in [3.8, 4) is 0 Å². The normalized spacial score (nSPS) is 9.92. The van der Waals surface area contributed by atoms with Crippen molar-refractivity contribution in [2.24, 2.45) is 5.18 Å². The minimum absolute atomic E-state index is 0. The number of aliphatic hydroxyl groups excluding tert-OH is 1. The molecular formula is C31H33ClN4O3. The summed E-state index contributed by atoms with van der Waals surface area (Å²) in [5, 5.41) is 27.7. The number of rotatable bonds is 2. The molecule has 0 aromatic heterocycles. The maximum Gasteiger partial charge on any atom is 0.141 e. The molecule has 6 aromatic carbocycles. The maximum atomic E-state index is 11.0. The lowest BCUT2D eigenvalue weighted by atomic mass is 9.99. The van der Waals surface area contributed by atoms with Crippen molar-refractivity contribution in [2.75, 3.05) is 23.6 Å². The summed E-state index contributed by atoms with van der Waals surface area (Å²) in [7, 11) is 0. The Kier molecular flexibility index (Phi) is 11.0. The summed E-state index contributed by atoms with van der Waals surface area (Å²) >= 11 is 0. The summed E-state index contributed by atoms with van der Waals surface area (Å²) < 4.78 is 0. The van der Waals surface area contributed by atoms with Crippen LogP contribution in [-0.4, -0.2) is 16.9 Å².